The standard InChI is InChI=1S/C38H38O/c1-37(2,3)31-19-28(18-29(20-31)32-8-6-9-34-33-7-4-5-10-35(33)39-36(32)34)27-11-13-30(14-12-27)38-21-24-15-25(22-38)17-26(16-24)23-38/h4-14,18-20,24-26H,15-17,21-23H2,1-3H3. The molecule has 9 rings (SSSR count). The molecule has 1 heterocycles. The van der Waals surface area contributed by atoms with Crippen LogP contribution in [0.5, 0.6) is 0 Å². The van der Waals surface area contributed by atoms with E-state index < -0.39 is 0 Å². The smallest absolute Gasteiger partial charge is 0.143 e. The Morgan fingerprint density at radius 3 is 1.97 bits per heavy atom. The maximum atomic E-state index is 6.44. The van der Waals surface area contributed by atoms with Gasteiger partial charge in [0.2, 0.25) is 0 Å². The topological polar surface area (TPSA) is 13.1 Å². The largest absolute Gasteiger partial charge is 0.455 e. The van der Waals surface area contributed by atoms with Gasteiger partial charge in [-0.1, -0.05) is 93.6 Å². The third kappa shape index (κ3) is 3.80. The van der Waals surface area contributed by atoms with Crippen molar-refractivity contribution in [3.8, 4) is 22.3 Å². The van der Waals surface area contributed by atoms with Crippen LogP contribution in [0, 0.1) is 17.8 Å². The van der Waals surface area contributed by atoms with Crippen LogP contribution in [-0.4, -0.2) is 0 Å². The Balaban J connectivity index is 1.23. The summed E-state index contributed by atoms with van der Waals surface area (Å²) >= 11 is 0. The Bertz CT molecular complexity index is 1670. The minimum absolute atomic E-state index is 0.0473. The second kappa shape index (κ2) is 8.34. The van der Waals surface area contributed by atoms with E-state index in [1.165, 1.54) is 77.1 Å². The lowest BCUT2D eigenvalue weighted by Crippen LogP contribution is -2.48. The molecule has 4 bridgehead atoms. The number of rotatable bonds is 3. The van der Waals surface area contributed by atoms with Crippen LogP contribution in [0.2, 0.25) is 0 Å². The zero-order valence-corrected chi connectivity index (χ0v) is 23.5. The lowest BCUT2D eigenvalue weighted by molar-refractivity contribution is -0.00518. The Labute approximate surface area is 232 Å². The van der Waals surface area contributed by atoms with E-state index in [1.807, 2.05) is 0 Å². The van der Waals surface area contributed by atoms with Gasteiger partial charge in [0.15, 0.2) is 0 Å². The van der Waals surface area contributed by atoms with Gasteiger partial charge >= 0.3 is 0 Å². The first kappa shape index (κ1) is 23.6. The summed E-state index contributed by atoms with van der Waals surface area (Å²) in [7, 11) is 0. The summed E-state index contributed by atoms with van der Waals surface area (Å²) in [6, 6.07) is 31.9. The Morgan fingerprint density at radius 1 is 0.641 bits per heavy atom. The summed E-state index contributed by atoms with van der Waals surface area (Å²) in [5.74, 6) is 2.92. The van der Waals surface area contributed by atoms with Crippen molar-refractivity contribution in [2.75, 3.05) is 0 Å². The van der Waals surface area contributed by atoms with Gasteiger partial charge in [-0.15, -0.1) is 0 Å². The Hall–Kier alpha value is -3.32. The molecule has 4 aromatic carbocycles. The van der Waals surface area contributed by atoms with Gasteiger partial charge < -0.3 is 4.42 Å². The molecule has 5 aromatic rings. The van der Waals surface area contributed by atoms with Crippen molar-refractivity contribution >= 4 is 21.9 Å². The molecule has 4 fully saturated rings. The average Bonchev–Trinajstić information content (AvgIpc) is 3.31. The van der Waals surface area contributed by atoms with Gasteiger partial charge in [-0.3, -0.25) is 0 Å². The molecule has 1 nitrogen and oxygen atoms in total. The van der Waals surface area contributed by atoms with Crippen LogP contribution in [-0.2, 0) is 10.8 Å². The van der Waals surface area contributed by atoms with E-state index in [9.17, 15) is 0 Å². The van der Waals surface area contributed by atoms with E-state index in [4.69, 9.17) is 4.42 Å². The van der Waals surface area contributed by atoms with Crippen molar-refractivity contribution in [1.82, 2.24) is 0 Å². The minimum atomic E-state index is 0.0473. The summed E-state index contributed by atoms with van der Waals surface area (Å²) in [6.07, 6.45) is 8.75. The monoisotopic (exact) mass is 510 g/mol. The number of benzene rings is 4. The van der Waals surface area contributed by atoms with Crippen LogP contribution < -0.4 is 0 Å². The van der Waals surface area contributed by atoms with Crippen LogP contribution in [0.25, 0.3) is 44.2 Å². The van der Waals surface area contributed by atoms with Gasteiger partial charge in [0, 0.05) is 16.3 Å². The second-order valence-corrected chi connectivity index (χ2v) is 14.1. The van der Waals surface area contributed by atoms with Gasteiger partial charge in [-0.2, -0.15) is 0 Å². The first-order chi connectivity index (χ1) is 18.8. The van der Waals surface area contributed by atoms with E-state index in [0.717, 1.165) is 28.9 Å². The maximum absolute atomic E-state index is 6.44. The van der Waals surface area contributed by atoms with Crippen molar-refractivity contribution in [1.29, 1.82) is 0 Å². The molecule has 1 aromatic heterocycles. The molecule has 4 aliphatic rings. The summed E-state index contributed by atoms with van der Waals surface area (Å²) in [6.45, 7) is 6.94. The lowest BCUT2D eigenvalue weighted by Gasteiger charge is -2.57. The first-order valence-corrected chi connectivity index (χ1v) is 15.0. The van der Waals surface area contributed by atoms with E-state index in [2.05, 4.69) is 106 Å². The summed E-state index contributed by atoms with van der Waals surface area (Å²) in [5.41, 5.74) is 10.4. The number of fused-ring (bicyclic) bond motifs is 3. The molecule has 4 aliphatic carbocycles. The molecule has 0 radical (unpaired) electrons. The molecule has 4 saturated carbocycles. The van der Waals surface area contributed by atoms with E-state index in [0.29, 0.717) is 5.41 Å². The summed E-state index contributed by atoms with van der Waals surface area (Å²) in [4.78, 5) is 0. The fourth-order valence-corrected chi connectivity index (χ4v) is 8.84. The molecule has 1 heteroatoms. The van der Waals surface area contributed by atoms with E-state index >= 15 is 0 Å². The van der Waals surface area contributed by atoms with Gasteiger partial charge in [-0.05, 0) is 107 Å². The normalized spacial score (nSPS) is 26.1. The van der Waals surface area contributed by atoms with Crippen LogP contribution in [0.1, 0.15) is 70.4 Å². The number of para-hydroxylation sites is 2. The highest BCUT2D eigenvalue weighted by atomic mass is 16.3. The van der Waals surface area contributed by atoms with Crippen LogP contribution in [0.15, 0.2) is 89.3 Å². The molecule has 0 N–H and O–H groups in total. The first-order valence-electron chi connectivity index (χ1n) is 15.0. The third-order valence-electron chi connectivity index (χ3n) is 10.4. The molecule has 0 saturated heterocycles. The number of furan rings is 1. The zero-order chi connectivity index (χ0) is 26.4. The van der Waals surface area contributed by atoms with E-state index in [-0.39, 0.29) is 5.41 Å². The molecule has 0 atom stereocenters. The Morgan fingerprint density at radius 2 is 1.28 bits per heavy atom. The van der Waals surface area contributed by atoms with Crippen molar-refractivity contribution < 1.29 is 4.42 Å². The van der Waals surface area contributed by atoms with Gasteiger partial charge in [0.25, 0.3) is 0 Å². The van der Waals surface area contributed by atoms with Gasteiger partial charge in [0.05, 0.1) is 0 Å². The van der Waals surface area contributed by atoms with E-state index in [1.54, 1.807) is 5.56 Å². The molecule has 0 aliphatic heterocycles. The van der Waals surface area contributed by atoms with Crippen molar-refractivity contribution in [2.24, 2.45) is 17.8 Å². The maximum Gasteiger partial charge on any atom is 0.143 e. The summed E-state index contributed by atoms with van der Waals surface area (Å²) in [5, 5.41) is 2.37. The predicted molar refractivity (Wildman–Crippen MR) is 163 cm³/mol. The molecule has 196 valence electrons. The van der Waals surface area contributed by atoms with Crippen molar-refractivity contribution in [2.45, 2.75) is 70.1 Å². The second-order valence-electron chi connectivity index (χ2n) is 14.1. The highest BCUT2D eigenvalue weighted by Crippen LogP contribution is 2.60. The van der Waals surface area contributed by atoms with Crippen LogP contribution in [0.3, 0.4) is 0 Å². The third-order valence-corrected chi connectivity index (χ3v) is 10.4. The van der Waals surface area contributed by atoms with Crippen LogP contribution in [0.4, 0.5) is 0 Å². The summed E-state index contributed by atoms with van der Waals surface area (Å²) < 4.78 is 6.44. The highest BCUT2D eigenvalue weighted by molar-refractivity contribution is 6.09. The molecular formula is C38H38O. The highest BCUT2D eigenvalue weighted by Gasteiger charge is 2.51. The number of hydrogen-bond acceptors (Lipinski definition) is 1. The number of hydrogen-bond donors (Lipinski definition) is 0. The average molecular weight is 511 g/mol. The predicted octanol–water partition coefficient (Wildman–Crippen LogP) is 10.7. The fourth-order valence-electron chi connectivity index (χ4n) is 8.84. The lowest BCUT2D eigenvalue weighted by atomic mass is 9.48. The van der Waals surface area contributed by atoms with Gasteiger partial charge in [0.1, 0.15) is 11.2 Å². The van der Waals surface area contributed by atoms with Gasteiger partial charge in [-0.25, -0.2) is 0 Å². The van der Waals surface area contributed by atoms with Crippen molar-refractivity contribution in [3.05, 3.63) is 96.1 Å². The molecular weight excluding hydrogens is 472 g/mol. The molecule has 39 heavy (non-hydrogen) atoms. The van der Waals surface area contributed by atoms with Crippen molar-refractivity contribution in [3.63, 3.8) is 0 Å². The molecule has 0 amide bonds. The minimum Gasteiger partial charge on any atom is -0.455 e. The van der Waals surface area contributed by atoms with Crippen LogP contribution >= 0.6 is 0 Å². The zero-order valence-electron chi connectivity index (χ0n) is 23.5. The SMILES string of the molecule is CC(C)(C)c1cc(-c2ccc(C34CC5CC(CC(C5)C3)C4)cc2)cc(-c2cccc3c2oc2ccccc23)c1. The fraction of sp³-hybridized carbons (Fsp3) is 0.368. The molecule has 0 unspecified atom stereocenters. The quantitative estimate of drug-likeness (QED) is 0.235. The molecule has 0 spiro atoms. The Kier molecular flexibility index (Phi) is 5.04.